The molecule has 6 nitrogen and oxygen atoms in total. The smallest absolute Gasteiger partial charge is 0.135 e. The summed E-state index contributed by atoms with van der Waals surface area (Å²) in [5.41, 5.74) is 0.309. The summed E-state index contributed by atoms with van der Waals surface area (Å²) in [6.07, 6.45) is 0. The number of phenols is 6. The zero-order chi connectivity index (χ0) is 18.6. The summed E-state index contributed by atoms with van der Waals surface area (Å²) in [5.74, 6) is -1.46. The molecule has 0 aliphatic carbocycles. The van der Waals surface area contributed by atoms with Gasteiger partial charge >= 0.3 is 0 Å². The van der Waals surface area contributed by atoms with Gasteiger partial charge in [0.15, 0.2) is 0 Å². The van der Waals surface area contributed by atoms with Crippen molar-refractivity contribution in [2.45, 2.75) is 0 Å². The number of rotatable bonds is 1. The maximum Gasteiger partial charge on any atom is 0.135 e. The molecule has 0 bridgehead atoms. The predicted octanol–water partition coefficient (Wildman–Crippen LogP) is 3.89. The lowest BCUT2D eigenvalue weighted by atomic mass is 9.95. The van der Waals surface area contributed by atoms with Crippen LogP contribution in [0.5, 0.6) is 34.5 Å². The highest BCUT2D eigenvalue weighted by molar-refractivity contribution is 6.05. The molecule has 0 unspecified atom stereocenters. The third-order valence-electron chi connectivity index (χ3n) is 4.43. The molecule has 26 heavy (non-hydrogen) atoms. The van der Waals surface area contributed by atoms with Crippen molar-refractivity contribution >= 4 is 21.5 Å². The first-order valence-electron chi connectivity index (χ1n) is 7.73. The van der Waals surface area contributed by atoms with Crippen molar-refractivity contribution in [2.75, 3.05) is 0 Å². The highest BCUT2D eigenvalue weighted by atomic mass is 16.3. The third-order valence-corrected chi connectivity index (χ3v) is 4.43. The highest BCUT2D eigenvalue weighted by Crippen LogP contribution is 2.48. The second-order valence-corrected chi connectivity index (χ2v) is 6.02. The second kappa shape index (κ2) is 5.35. The average molecular weight is 350 g/mol. The molecule has 0 radical (unpaired) electrons. The molecule has 6 heteroatoms. The maximum atomic E-state index is 10.6. The molecule has 4 rings (SSSR count). The van der Waals surface area contributed by atoms with E-state index in [1.54, 1.807) is 6.07 Å². The molecule has 0 amide bonds. The van der Waals surface area contributed by atoms with Crippen LogP contribution in [0.3, 0.4) is 0 Å². The fourth-order valence-electron chi connectivity index (χ4n) is 3.26. The van der Waals surface area contributed by atoms with Crippen molar-refractivity contribution in [1.82, 2.24) is 0 Å². The Labute approximate surface area is 147 Å². The molecule has 0 atom stereocenters. The Morgan fingerprint density at radius 1 is 0.538 bits per heavy atom. The molecule has 0 spiro atoms. The van der Waals surface area contributed by atoms with E-state index in [0.717, 1.165) is 6.07 Å². The van der Waals surface area contributed by atoms with Gasteiger partial charge in [-0.1, -0.05) is 18.2 Å². The van der Waals surface area contributed by atoms with E-state index in [2.05, 4.69) is 0 Å². The number of fused-ring (bicyclic) bond motifs is 2. The first-order chi connectivity index (χ1) is 12.4. The summed E-state index contributed by atoms with van der Waals surface area (Å²) in [6.45, 7) is 0. The van der Waals surface area contributed by atoms with Gasteiger partial charge in [0.05, 0.1) is 10.8 Å². The molecule has 0 aliphatic heterocycles. The van der Waals surface area contributed by atoms with Gasteiger partial charge in [0.1, 0.15) is 34.5 Å². The molecular formula is C20H14O6. The molecule has 4 aromatic carbocycles. The van der Waals surface area contributed by atoms with Gasteiger partial charge in [0.25, 0.3) is 0 Å². The second-order valence-electron chi connectivity index (χ2n) is 6.02. The van der Waals surface area contributed by atoms with Gasteiger partial charge in [-0.05, 0) is 29.7 Å². The molecule has 0 aliphatic rings. The fourth-order valence-corrected chi connectivity index (χ4v) is 3.26. The lowest BCUT2D eigenvalue weighted by molar-refractivity contribution is 0.449. The molecule has 4 aromatic rings. The first-order valence-corrected chi connectivity index (χ1v) is 7.73. The third kappa shape index (κ3) is 2.12. The number of phenolic OH excluding ortho intramolecular Hbond substituents is 6. The number of aromatic hydroxyl groups is 6. The first kappa shape index (κ1) is 15.7. The van der Waals surface area contributed by atoms with Crippen LogP contribution in [0.4, 0.5) is 0 Å². The van der Waals surface area contributed by atoms with E-state index in [1.807, 2.05) is 0 Å². The Hall–Kier alpha value is -3.80. The van der Waals surface area contributed by atoms with Gasteiger partial charge in [0, 0.05) is 22.6 Å². The SMILES string of the molecule is Oc1cc(O)c2c(O)c(-c3cc(O)c4c(O)cccc4c3O)ccc2c1. The van der Waals surface area contributed by atoms with Gasteiger partial charge < -0.3 is 30.6 Å². The standard InChI is InChI=1S/C20H14O6/c21-10-6-9-4-5-11(20(26)17(9)15(23)7-10)13-8-16(24)18-12(19(13)25)2-1-3-14(18)22/h1-8,21-26H. The molecule has 0 aromatic heterocycles. The summed E-state index contributed by atoms with van der Waals surface area (Å²) in [6, 6.07) is 11.2. The molecule has 6 N–H and O–H groups in total. The molecule has 0 saturated carbocycles. The Bertz CT molecular complexity index is 1200. The van der Waals surface area contributed by atoms with E-state index in [0.29, 0.717) is 5.39 Å². The predicted molar refractivity (Wildman–Crippen MR) is 96.9 cm³/mol. The summed E-state index contributed by atoms with van der Waals surface area (Å²) in [4.78, 5) is 0. The van der Waals surface area contributed by atoms with E-state index in [-0.39, 0.29) is 61.8 Å². The number of hydrogen-bond donors (Lipinski definition) is 6. The van der Waals surface area contributed by atoms with Crippen LogP contribution >= 0.6 is 0 Å². The number of hydrogen-bond acceptors (Lipinski definition) is 6. The van der Waals surface area contributed by atoms with Crippen LogP contribution in [0, 0.1) is 0 Å². The Morgan fingerprint density at radius 3 is 2.04 bits per heavy atom. The maximum absolute atomic E-state index is 10.6. The van der Waals surface area contributed by atoms with Crippen LogP contribution in [0.15, 0.2) is 48.5 Å². The minimum absolute atomic E-state index is 0.0989. The summed E-state index contributed by atoms with van der Waals surface area (Å²) in [5, 5.41) is 61.9. The largest absolute Gasteiger partial charge is 0.508 e. The molecule has 130 valence electrons. The number of benzene rings is 4. The van der Waals surface area contributed by atoms with Crippen molar-refractivity contribution in [3.8, 4) is 45.6 Å². The van der Waals surface area contributed by atoms with Crippen LogP contribution in [0.2, 0.25) is 0 Å². The molecule has 0 saturated heterocycles. The lowest BCUT2D eigenvalue weighted by Crippen LogP contribution is -1.86. The van der Waals surface area contributed by atoms with Crippen molar-refractivity contribution < 1.29 is 30.6 Å². The van der Waals surface area contributed by atoms with Crippen LogP contribution < -0.4 is 0 Å². The zero-order valence-electron chi connectivity index (χ0n) is 13.3. The van der Waals surface area contributed by atoms with Crippen LogP contribution in [0.1, 0.15) is 0 Å². The minimum atomic E-state index is -0.318. The lowest BCUT2D eigenvalue weighted by Gasteiger charge is -2.14. The monoisotopic (exact) mass is 350 g/mol. The van der Waals surface area contributed by atoms with E-state index in [9.17, 15) is 30.6 Å². The van der Waals surface area contributed by atoms with Crippen LogP contribution in [-0.2, 0) is 0 Å². The average Bonchev–Trinajstić information content (AvgIpc) is 2.58. The van der Waals surface area contributed by atoms with E-state index >= 15 is 0 Å². The van der Waals surface area contributed by atoms with Crippen molar-refractivity contribution in [2.24, 2.45) is 0 Å². The summed E-state index contributed by atoms with van der Waals surface area (Å²) >= 11 is 0. The van der Waals surface area contributed by atoms with E-state index in [4.69, 9.17) is 0 Å². The zero-order valence-corrected chi connectivity index (χ0v) is 13.3. The van der Waals surface area contributed by atoms with Gasteiger partial charge in [-0.2, -0.15) is 0 Å². The fraction of sp³-hybridized carbons (Fsp3) is 0. The Kier molecular flexibility index (Phi) is 3.23. The molecule has 0 fully saturated rings. The van der Waals surface area contributed by atoms with Gasteiger partial charge in [-0.25, -0.2) is 0 Å². The molecular weight excluding hydrogens is 336 g/mol. The van der Waals surface area contributed by atoms with Gasteiger partial charge in [-0.15, -0.1) is 0 Å². The Morgan fingerprint density at radius 2 is 1.27 bits per heavy atom. The van der Waals surface area contributed by atoms with Gasteiger partial charge in [-0.3, -0.25) is 0 Å². The normalized spacial score (nSPS) is 11.2. The Balaban J connectivity index is 2.08. The molecule has 0 heterocycles. The summed E-state index contributed by atoms with van der Waals surface area (Å²) in [7, 11) is 0. The highest BCUT2D eigenvalue weighted by Gasteiger charge is 2.19. The van der Waals surface area contributed by atoms with Crippen molar-refractivity contribution in [3.05, 3.63) is 48.5 Å². The summed E-state index contributed by atoms with van der Waals surface area (Å²) < 4.78 is 0. The quantitative estimate of drug-likeness (QED) is 0.290. The topological polar surface area (TPSA) is 121 Å². The van der Waals surface area contributed by atoms with Crippen LogP contribution in [0.25, 0.3) is 32.7 Å². The van der Waals surface area contributed by atoms with Crippen molar-refractivity contribution in [3.63, 3.8) is 0 Å². The van der Waals surface area contributed by atoms with Gasteiger partial charge in [0.2, 0.25) is 0 Å². The minimum Gasteiger partial charge on any atom is -0.508 e. The van der Waals surface area contributed by atoms with E-state index < -0.39 is 0 Å². The van der Waals surface area contributed by atoms with E-state index in [1.165, 1.54) is 36.4 Å². The van der Waals surface area contributed by atoms with Crippen molar-refractivity contribution in [1.29, 1.82) is 0 Å². The van der Waals surface area contributed by atoms with Crippen LogP contribution in [-0.4, -0.2) is 30.6 Å².